The second-order valence-electron chi connectivity index (χ2n) is 7.62. The highest BCUT2D eigenvalue weighted by molar-refractivity contribution is 7.92. The first-order chi connectivity index (χ1) is 15.9. The molecule has 0 aromatic heterocycles. The topological polar surface area (TPSA) is 60.9 Å². The predicted octanol–water partition coefficient (Wildman–Crippen LogP) is 4.54. The number of sulfonamides is 1. The van der Waals surface area contributed by atoms with Crippen molar-refractivity contribution in [3.63, 3.8) is 0 Å². The molecule has 4 rings (SSSR count). The zero-order chi connectivity index (χ0) is 23.4. The van der Waals surface area contributed by atoms with Gasteiger partial charge in [0.05, 0.1) is 15.6 Å². The number of piperazine rings is 1. The minimum Gasteiger partial charge on any atom is -0.368 e. The van der Waals surface area contributed by atoms with E-state index in [0.29, 0.717) is 31.2 Å². The molecule has 0 aliphatic carbocycles. The number of hydrogen-bond acceptors (Lipinski definition) is 4. The maximum atomic E-state index is 13.4. The van der Waals surface area contributed by atoms with Crippen LogP contribution in [0.5, 0.6) is 0 Å². The third-order valence-electron chi connectivity index (χ3n) is 5.54. The summed E-state index contributed by atoms with van der Waals surface area (Å²) in [6.45, 7) is 1.88. The van der Waals surface area contributed by atoms with E-state index in [-0.39, 0.29) is 28.1 Å². The minimum atomic E-state index is -3.99. The van der Waals surface area contributed by atoms with E-state index in [1.54, 1.807) is 47.4 Å². The summed E-state index contributed by atoms with van der Waals surface area (Å²) in [6, 6.07) is 22.3. The van der Waals surface area contributed by atoms with E-state index in [1.807, 2.05) is 24.3 Å². The normalized spacial score (nSPS) is 14.2. The molecule has 172 valence electrons. The lowest BCUT2D eigenvalue weighted by molar-refractivity contribution is -0.129. The Hall–Kier alpha value is -2.74. The predicted molar refractivity (Wildman–Crippen MR) is 133 cm³/mol. The second kappa shape index (κ2) is 10.0. The van der Waals surface area contributed by atoms with E-state index in [9.17, 15) is 13.2 Å². The first kappa shape index (κ1) is 23.4. The van der Waals surface area contributed by atoms with Crippen molar-refractivity contribution in [1.82, 2.24) is 4.90 Å². The van der Waals surface area contributed by atoms with Gasteiger partial charge in [-0.05, 0) is 42.5 Å². The van der Waals surface area contributed by atoms with Gasteiger partial charge in [0.2, 0.25) is 5.91 Å². The quantitative estimate of drug-likeness (QED) is 0.495. The van der Waals surface area contributed by atoms with Gasteiger partial charge in [0.15, 0.2) is 0 Å². The highest BCUT2D eigenvalue weighted by atomic mass is 35.5. The van der Waals surface area contributed by atoms with Crippen molar-refractivity contribution in [1.29, 1.82) is 0 Å². The molecule has 1 aliphatic heterocycles. The zero-order valence-electron chi connectivity index (χ0n) is 17.8. The molecule has 1 saturated heterocycles. The first-order valence-electron chi connectivity index (χ1n) is 10.5. The Morgan fingerprint density at radius 1 is 0.848 bits per heavy atom. The molecule has 0 spiro atoms. The van der Waals surface area contributed by atoms with Crippen LogP contribution in [0.3, 0.4) is 0 Å². The van der Waals surface area contributed by atoms with Crippen LogP contribution in [0.1, 0.15) is 0 Å². The number of carbonyl (C=O) groups is 1. The lowest BCUT2D eigenvalue weighted by Gasteiger charge is -2.37. The SMILES string of the molecule is O=C(CN(c1ccccc1Cl)S(=O)(=O)c1ccccc1)N1CCN(c2cccc(Cl)c2)CC1. The Morgan fingerprint density at radius 2 is 1.52 bits per heavy atom. The smallest absolute Gasteiger partial charge is 0.264 e. The Bertz CT molecular complexity index is 1230. The summed E-state index contributed by atoms with van der Waals surface area (Å²) >= 11 is 12.4. The lowest BCUT2D eigenvalue weighted by atomic mass is 10.2. The Balaban J connectivity index is 1.53. The molecule has 0 saturated carbocycles. The number of amides is 1. The van der Waals surface area contributed by atoms with Crippen LogP contribution in [-0.4, -0.2) is 51.9 Å². The van der Waals surface area contributed by atoms with Crippen LogP contribution < -0.4 is 9.21 Å². The molecule has 1 fully saturated rings. The Morgan fingerprint density at radius 3 is 2.18 bits per heavy atom. The molecule has 1 amide bonds. The number of para-hydroxylation sites is 1. The third kappa shape index (κ3) is 5.27. The molecule has 0 atom stereocenters. The first-order valence-corrected chi connectivity index (χ1v) is 12.7. The van der Waals surface area contributed by atoms with Gasteiger partial charge in [0.25, 0.3) is 10.0 Å². The van der Waals surface area contributed by atoms with E-state index < -0.39 is 10.0 Å². The van der Waals surface area contributed by atoms with Gasteiger partial charge in [-0.1, -0.05) is 59.6 Å². The van der Waals surface area contributed by atoms with Crippen molar-refractivity contribution in [2.24, 2.45) is 0 Å². The fourth-order valence-corrected chi connectivity index (χ4v) is 5.71. The van der Waals surface area contributed by atoms with Crippen molar-refractivity contribution in [3.8, 4) is 0 Å². The van der Waals surface area contributed by atoms with E-state index in [4.69, 9.17) is 23.2 Å². The van der Waals surface area contributed by atoms with Crippen LogP contribution in [0.25, 0.3) is 0 Å². The Kier molecular flexibility index (Phi) is 7.12. The molecule has 1 heterocycles. The van der Waals surface area contributed by atoms with Crippen LogP contribution >= 0.6 is 23.2 Å². The molecule has 3 aromatic carbocycles. The van der Waals surface area contributed by atoms with Crippen molar-refractivity contribution >= 4 is 50.5 Å². The third-order valence-corrected chi connectivity index (χ3v) is 7.87. The molecular formula is C24H23Cl2N3O3S. The van der Waals surface area contributed by atoms with Gasteiger partial charge < -0.3 is 9.80 Å². The van der Waals surface area contributed by atoms with E-state index in [2.05, 4.69) is 4.90 Å². The monoisotopic (exact) mass is 503 g/mol. The average molecular weight is 504 g/mol. The largest absolute Gasteiger partial charge is 0.368 e. The van der Waals surface area contributed by atoms with E-state index in [1.165, 1.54) is 12.1 Å². The second-order valence-corrected chi connectivity index (χ2v) is 10.3. The number of nitrogens with zero attached hydrogens (tertiary/aromatic N) is 3. The van der Waals surface area contributed by atoms with Gasteiger partial charge in [-0.15, -0.1) is 0 Å². The van der Waals surface area contributed by atoms with Crippen LogP contribution in [0.4, 0.5) is 11.4 Å². The van der Waals surface area contributed by atoms with Crippen molar-refractivity contribution in [3.05, 3.63) is 88.9 Å². The molecule has 1 aliphatic rings. The number of carbonyl (C=O) groups excluding carboxylic acids is 1. The molecule has 33 heavy (non-hydrogen) atoms. The maximum absolute atomic E-state index is 13.4. The molecule has 6 nitrogen and oxygen atoms in total. The number of halogens is 2. The summed E-state index contributed by atoms with van der Waals surface area (Å²) in [6.07, 6.45) is 0. The maximum Gasteiger partial charge on any atom is 0.264 e. The summed E-state index contributed by atoms with van der Waals surface area (Å²) < 4.78 is 28.0. The van der Waals surface area contributed by atoms with Crippen molar-refractivity contribution in [2.45, 2.75) is 4.90 Å². The van der Waals surface area contributed by atoms with Gasteiger partial charge in [0, 0.05) is 36.9 Å². The summed E-state index contributed by atoms with van der Waals surface area (Å²) in [5.41, 5.74) is 1.27. The van der Waals surface area contributed by atoms with Crippen molar-refractivity contribution < 1.29 is 13.2 Å². The molecule has 0 N–H and O–H groups in total. The van der Waals surface area contributed by atoms with Gasteiger partial charge in [0.1, 0.15) is 6.54 Å². The molecule has 0 radical (unpaired) electrons. The number of rotatable bonds is 6. The van der Waals surface area contributed by atoms with Crippen LogP contribution in [0.15, 0.2) is 83.8 Å². The minimum absolute atomic E-state index is 0.100. The summed E-state index contributed by atoms with van der Waals surface area (Å²) in [5, 5.41) is 0.920. The molecule has 9 heteroatoms. The van der Waals surface area contributed by atoms with Crippen LogP contribution in [-0.2, 0) is 14.8 Å². The van der Waals surface area contributed by atoms with E-state index in [0.717, 1.165) is 9.99 Å². The number of benzene rings is 3. The summed E-state index contributed by atoms with van der Waals surface area (Å²) in [4.78, 5) is 17.1. The van der Waals surface area contributed by atoms with E-state index >= 15 is 0 Å². The van der Waals surface area contributed by atoms with Gasteiger partial charge >= 0.3 is 0 Å². The highest BCUT2D eigenvalue weighted by Crippen LogP contribution is 2.30. The zero-order valence-corrected chi connectivity index (χ0v) is 20.1. The van der Waals surface area contributed by atoms with Crippen LogP contribution in [0, 0.1) is 0 Å². The van der Waals surface area contributed by atoms with Gasteiger partial charge in [-0.25, -0.2) is 8.42 Å². The number of anilines is 2. The lowest BCUT2D eigenvalue weighted by Crippen LogP contribution is -2.52. The summed E-state index contributed by atoms with van der Waals surface area (Å²) in [5.74, 6) is -0.278. The van der Waals surface area contributed by atoms with Gasteiger partial charge in [-0.2, -0.15) is 0 Å². The molecule has 0 bridgehead atoms. The van der Waals surface area contributed by atoms with Crippen molar-refractivity contribution in [2.75, 3.05) is 41.9 Å². The summed E-state index contributed by atoms with van der Waals surface area (Å²) in [7, 11) is -3.99. The number of hydrogen-bond donors (Lipinski definition) is 0. The highest BCUT2D eigenvalue weighted by Gasteiger charge is 2.31. The molecule has 3 aromatic rings. The average Bonchev–Trinajstić information content (AvgIpc) is 2.83. The fraction of sp³-hybridized carbons (Fsp3) is 0.208. The van der Waals surface area contributed by atoms with Crippen LogP contribution in [0.2, 0.25) is 10.0 Å². The Labute approximate surface area is 204 Å². The van der Waals surface area contributed by atoms with Gasteiger partial charge in [-0.3, -0.25) is 9.10 Å². The molecule has 0 unspecified atom stereocenters. The standard InChI is InChI=1S/C24H23Cl2N3O3S/c25-19-7-6-8-20(17-19)27-13-15-28(16-14-27)24(30)18-29(23-12-5-4-11-22(23)26)33(31,32)21-9-2-1-3-10-21/h1-12,17H,13-16,18H2. The molecular weight excluding hydrogens is 481 g/mol. The fourth-order valence-electron chi connectivity index (χ4n) is 3.78.